The number of thiazole rings is 1. The largest absolute Gasteiger partial charge is 0.496 e. The molecule has 5 aromatic rings. The Labute approximate surface area is 234 Å². The quantitative estimate of drug-likeness (QED) is 0.257. The van der Waals surface area contributed by atoms with Crippen LogP contribution < -0.4 is 10.1 Å². The number of aryl methyl sites for hydroxylation is 2. The van der Waals surface area contributed by atoms with E-state index in [2.05, 4.69) is 21.4 Å². The summed E-state index contributed by atoms with van der Waals surface area (Å²) in [6, 6.07) is 18.1. The summed E-state index contributed by atoms with van der Waals surface area (Å²) in [5.41, 5.74) is 6.14. The first-order chi connectivity index (χ1) is 19.3. The number of ether oxygens (including phenoxy) is 2. The molecule has 0 bridgehead atoms. The van der Waals surface area contributed by atoms with Gasteiger partial charge in [-0.2, -0.15) is 5.26 Å². The first-order valence-electron chi connectivity index (χ1n) is 12.1. The van der Waals surface area contributed by atoms with Crippen LogP contribution in [0.4, 0.5) is 5.13 Å². The molecule has 0 atom stereocenters. The summed E-state index contributed by atoms with van der Waals surface area (Å²) < 4.78 is 10.3. The van der Waals surface area contributed by atoms with Crippen LogP contribution in [0, 0.1) is 25.2 Å². The molecule has 1 amide bonds. The molecular weight excluding hydrogens is 526 g/mol. The molecule has 0 fully saturated rings. The van der Waals surface area contributed by atoms with E-state index in [1.807, 2.05) is 38.1 Å². The number of hydrogen-bond donors (Lipinski definition) is 1. The monoisotopic (exact) mass is 549 g/mol. The van der Waals surface area contributed by atoms with Gasteiger partial charge in [-0.1, -0.05) is 17.4 Å². The van der Waals surface area contributed by atoms with Crippen molar-refractivity contribution in [2.45, 2.75) is 13.8 Å². The van der Waals surface area contributed by atoms with Gasteiger partial charge in [0.25, 0.3) is 5.91 Å². The zero-order chi connectivity index (χ0) is 28.4. The van der Waals surface area contributed by atoms with E-state index >= 15 is 0 Å². The number of anilines is 1. The van der Waals surface area contributed by atoms with E-state index in [1.54, 1.807) is 30.3 Å². The average Bonchev–Trinajstić information content (AvgIpc) is 3.37. The maximum Gasteiger partial charge on any atom is 0.338 e. The molecule has 0 radical (unpaired) electrons. The van der Waals surface area contributed by atoms with Crippen molar-refractivity contribution >= 4 is 38.7 Å². The van der Waals surface area contributed by atoms with Crippen LogP contribution >= 0.6 is 11.3 Å². The fraction of sp³-hybridized carbons (Fsp3) is 0.133. The van der Waals surface area contributed by atoms with Crippen LogP contribution in [-0.2, 0) is 4.74 Å². The molecule has 0 aliphatic rings. The Morgan fingerprint density at radius 2 is 1.77 bits per heavy atom. The summed E-state index contributed by atoms with van der Waals surface area (Å²) in [4.78, 5) is 39.6. The van der Waals surface area contributed by atoms with Gasteiger partial charge in [0.15, 0.2) is 5.13 Å². The number of carbonyl (C=O) groups is 2. The number of pyridine rings is 2. The molecule has 0 saturated heterocycles. The van der Waals surface area contributed by atoms with Crippen molar-refractivity contribution in [2.24, 2.45) is 0 Å². The van der Waals surface area contributed by atoms with Gasteiger partial charge < -0.3 is 9.47 Å². The Hall–Kier alpha value is -5.14. The number of nitriles is 1. The van der Waals surface area contributed by atoms with Crippen molar-refractivity contribution in [3.8, 4) is 34.2 Å². The predicted molar refractivity (Wildman–Crippen MR) is 153 cm³/mol. The molecule has 40 heavy (non-hydrogen) atoms. The second kappa shape index (κ2) is 10.9. The number of carbonyl (C=O) groups excluding carboxylic acids is 2. The number of amides is 1. The number of nitrogens with zero attached hydrogens (tertiary/aromatic N) is 4. The summed E-state index contributed by atoms with van der Waals surface area (Å²) in [7, 11) is 2.89. The summed E-state index contributed by atoms with van der Waals surface area (Å²) in [6.45, 7) is 3.67. The smallest absolute Gasteiger partial charge is 0.338 e. The number of rotatable bonds is 6. The normalized spacial score (nSPS) is 10.7. The fourth-order valence-corrected chi connectivity index (χ4v) is 5.14. The van der Waals surface area contributed by atoms with Crippen LogP contribution in [-0.4, -0.2) is 41.0 Å². The van der Waals surface area contributed by atoms with Gasteiger partial charge in [0, 0.05) is 28.6 Å². The predicted octanol–water partition coefficient (Wildman–Crippen LogP) is 5.96. The van der Waals surface area contributed by atoms with E-state index < -0.39 is 11.9 Å². The Morgan fingerprint density at radius 1 is 0.950 bits per heavy atom. The number of nitrogens with one attached hydrogen (secondary N) is 1. The van der Waals surface area contributed by atoms with Gasteiger partial charge in [-0.15, -0.1) is 0 Å². The number of fused-ring (bicyclic) bond motifs is 1. The van der Waals surface area contributed by atoms with E-state index in [9.17, 15) is 14.9 Å². The Kier molecular flexibility index (Phi) is 7.23. The van der Waals surface area contributed by atoms with Crippen LogP contribution in [0.25, 0.3) is 32.7 Å². The highest BCUT2D eigenvalue weighted by molar-refractivity contribution is 7.22. The lowest BCUT2D eigenvalue weighted by molar-refractivity contribution is 0.0599. The molecule has 2 aromatic carbocycles. The number of benzene rings is 2. The van der Waals surface area contributed by atoms with Crippen LogP contribution in [0.2, 0.25) is 0 Å². The number of aromatic nitrogens is 3. The highest BCUT2D eigenvalue weighted by Gasteiger charge is 2.20. The molecule has 0 spiro atoms. The van der Waals surface area contributed by atoms with Gasteiger partial charge in [-0.3, -0.25) is 15.1 Å². The van der Waals surface area contributed by atoms with Crippen LogP contribution in [0.1, 0.15) is 37.5 Å². The molecule has 0 aliphatic heterocycles. The lowest BCUT2D eigenvalue weighted by Crippen LogP contribution is -2.14. The number of esters is 1. The molecule has 9 nitrogen and oxygen atoms in total. The van der Waals surface area contributed by atoms with E-state index in [0.29, 0.717) is 60.4 Å². The Balaban J connectivity index is 1.46. The number of methoxy groups -OCH3 is 2. The second-order valence-electron chi connectivity index (χ2n) is 8.91. The van der Waals surface area contributed by atoms with Crippen molar-refractivity contribution in [3.05, 3.63) is 88.7 Å². The van der Waals surface area contributed by atoms with Crippen LogP contribution in [0.15, 0.2) is 60.8 Å². The van der Waals surface area contributed by atoms with Crippen LogP contribution in [0.3, 0.4) is 0 Å². The van der Waals surface area contributed by atoms with Gasteiger partial charge in [0.2, 0.25) is 0 Å². The third-order valence-corrected chi connectivity index (χ3v) is 7.19. The molecule has 0 aliphatic carbocycles. The molecule has 0 saturated carbocycles. The van der Waals surface area contributed by atoms with Crippen molar-refractivity contribution in [1.82, 2.24) is 15.0 Å². The van der Waals surface area contributed by atoms with Crippen molar-refractivity contribution < 1.29 is 19.1 Å². The van der Waals surface area contributed by atoms with E-state index in [4.69, 9.17) is 14.5 Å². The lowest BCUT2D eigenvalue weighted by Gasteiger charge is -2.13. The lowest BCUT2D eigenvalue weighted by atomic mass is 9.97. The Morgan fingerprint density at radius 3 is 2.50 bits per heavy atom. The fourth-order valence-electron chi connectivity index (χ4n) is 4.31. The number of hydrogen-bond acceptors (Lipinski definition) is 9. The standard InChI is InChI=1S/C30H23N5O4S/c1-16-11-19(6-7-20(16)29(37)39-4)24-8-9-25-28(33-24)40-30(34-25)35-27(36)23-15-32-17(2)12-21(23)22-13-18(14-31)5-10-26(22)38-3/h5-13,15H,1-4H3,(H,34,35,36). The van der Waals surface area contributed by atoms with Crippen molar-refractivity contribution in [3.63, 3.8) is 0 Å². The average molecular weight is 550 g/mol. The first-order valence-corrected chi connectivity index (χ1v) is 13.0. The van der Waals surface area contributed by atoms with Gasteiger partial charge in [-0.25, -0.2) is 14.8 Å². The minimum Gasteiger partial charge on any atom is -0.496 e. The Bertz CT molecular complexity index is 1840. The SMILES string of the molecule is COC(=O)c1ccc(-c2ccc3nc(NC(=O)c4cnc(C)cc4-c4cc(C#N)ccc4OC)sc3n2)cc1C. The summed E-state index contributed by atoms with van der Waals surface area (Å²) in [6.07, 6.45) is 1.50. The highest BCUT2D eigenvalue weighted by atomic mass is 32.1. The van der Waals surface area contributed by atoms with Crippen molar-refractivity contribution in [2.75, 3.05) is 19.5 Å². The van der Waals surface area contributed by atoms with Gasteiger partial charge in [-0.05, 0) is 67.9 Å². The molecule has 3 heterocycles. The summed E-state index contributed by atoms with van der Waals surface area (Å²) in [5, 5.41) is 12.7. The van der Waals surface area contributed by atoms with Crippen molar-refractivity contribution in [1.29, 1.82) is 5.26 Å². The zero-order valence-electron chi connectivity index (χ0n) is 22.1. The van der Waals surface area contributed by atoms with E-state index in [0.717, 1.165) is 11.1 Å². The first kappa shape index (κ1) is 26.5. The van der Waals surface area contributed by atoms with E-state index in [-0.39, 0.29) is 0 Å². The molecule has 5 rings (SSSR count). The zero-order valence-corrected chi connectivity index (χ0v) is 22.9. The molecular formula is C30H23N5O4S. The third kappa shape index (κ3) is 5.10. The van der Waals surface area contributed by atoms with Gasteiger partial charge in [0.1, 0.15) is 16.1 Å². The highest BCUT2D eigenvalue weighted by Crippen LogP contribution is 2.35. The molecule has 198 valence electrons. The van der Waals surface area contributed by atoms with E-state index in [1.165, 1.54) is 31.8 Å². The minimum absolute atomic E-state index is 0.313. The van der Waals surface area contributed by atoms with Crippen LogP contribution in [0.5, 0.6) is 5.75 Å². The van der Waals surface area contributed by atoms with Gasteiger partial charge in [0.05, 0.1) is 42.7 Å². The second-order valence-corrected chi connectivity index (χ2v) is 9.89. The molecule has 10 heteroatoms. The maximum absolute atomic E-state index is 13.4. The summed E-state index contributed by atoms with van der Waals surface area (Å²) >= 11 is 1.25. The molecule has 3 aromatic heterocycles. The summed E-state index contributed by atoms with van der Waals surface area (Å²) in [5.74, 6) is -0.260. The molecule has 1 N–H and O–H groups in total. The van der Waals surface area contributed by atoms with Gasteiger partial charge >= 0.3 is 5.97 Å². The topological polar surface area (TPSA) is 127 Å². The molecule has 0 unspecified atom stereocenters. The minimum atomic E-state index is -0.403. The maximum atomic E-state index is 13.4. The third-order valence-electron chi connectivity index (χ3n) is 6.31.